The van der Waals surface area contributed by atoms with Crippen molar-refractivity contribution in [3.63, 3.8) is 0 Å². The van der Waals surface area contributed by atoms with Crippen LogP contribution in [0.2, 0.25) is 0 Å². The van der Waals surface area contributed by atoms with Crippen LogP contribution in [0.5, 0.6) is 0 Å². The molecule has 1 saturated heterocycles. The predicted octanol–water partition coefficient (Wildman–Crippen LogP) is 1.86. The standard InChI is InChI=1S/C17H19N3O3S/c18-16(22)13-6-9-24-17(13)19-15(21)11-20-7-8-23-14(10-20)12-4-2-1-3-5-12/h1-6,9,14H,7-8,10-11H2,(H2,18,22)(H,19,21)/t14-/m1/s1. The van der Waals surface area contributed by atoms with Gasteiger partial charge in [0.15, 0.2) is 0 Å². The Labute approximate surface area is 144 Å². The van der Waals surface area contributed by atoms with Crippen molar-refractivity contribution in [1.82, 2.24) is 4.90 Å². The van der Waals surface area contributed by atoms with Crippen molar-refractivity contribution in [2.45, 2.75) is 6.10 Å². The molecule has 0 aliphatic carbocycles. The molecule has 6 nitrogen and oxygen atoms in total. The van der Waals surface area contributed by atoms with E-state index in [-0.39, 0.29) is 18.6 Å². The van der Waals surface area contributed by atoms with E-state index in [2.05, 4.69) is 5.32 Å². The second-order valence-corrected chi connectivity index (χ2v) is 6.50. The number of nitrogens with one attached hydrogen (secondary N) is 1. The smallest absolute Gasteiger partial charge is 0.251 e. The number of rotatable bonds is 5. The van der Waals surface area contributed by atoms with Gasteiger partial charge in [-0.05, 0) is 17.0 Å². The fourth-order valence-corrected chi connectivity index (χ4v) is 3.49. The Morgan fingerprint density at radius 3 is 2.83 bits per heavy atom. The Bertz CT molecular complexity index is 717. The van der Waals surface area contributed by atoms with Gasteiger partial charge < -0.3 is 15.8 Å². The zero-order chi connectivity index (χ0) is 16.9. The fraction of sp³-hybridized carbons (Fsp3) is 0.294. The van der Waals surface area contributed by atoms with Gasteiger partial charge in [0.1, 0.15) is 5.00 Å². The Balaban J connectivity index is 1.58. The molecule has 0 spiro atoms. The van der Waals surface area contributed by atoms with E-state index >= 15 is 0 Å². The zero-order valence-electron chi connectivity index (χ0n) is 13.1. The summed E-state index contributed by atoms with van der Waals surface area (Å²) in [6.07, 6.45) is -0.0318. The lowest BCUT2D eigenvalue weighted by Crippen LogP contribution is -2.42. The van der Waals surface area contributed by atoms with Crippen LogP contribution >= 0.6 is 11.3 Å². The molecule has 2 aromatic rings. The van der Waals surface area contributed by atoms with Crippen LogP contribution in [-0.4, -0.2) is 43.0 Å². The zero-order valence-corrected chi connectivity index (χ0v) is 13.9. The highest BCUT2D eigenvalue weighted by molar-refractivity contribution is 7.14. The Hall–Kier alpha value is -2.22. The summed E-state index contributed by atoms with van der Waals surface area (Å²) >= 11 is 1.29. The number of carbonyl (C=O) groups is 2. The van der Waals surface area contributed by atoms with Crippen LogP contribution in [-0.2, 0) is 9.53 Å². The minimum Gasteiger partial charge on any atom is -0.371 e. The number of amides is 2. The molecule has 1 aliphatic heterocycles. The molecule has 2 heterocycles. The van der Waals surface area contributed by atoms with Crippen molar-refractivity contribution in [3.8, 4) is 0 Å². The van der Waals surface area contributed by atoms with Crippen molar-refractivity contribution < 1.29 is 14.3 Å². The van der Waals surface area contributed by atoms with E-state index in [1.165, 1.54) is 11.3 Å². The minimum atomic E-state index is -0.540. The summed E-state index contributed by atoms with van der Waals surface area (Å²) in [6, 6.07) is 11.6. The highest BCUT2D eigenvalue weighted by Gasteiger charge is 2.23. The lowest BCUT2D eigenvalue weighted by atomic mass is 10.1. The van der Waals surface area contributed by atoms with E-state index in [1.54, 1.807) is 11.4 Å². The molecule has 0 bridgehead atoms. The first-order valence-electron chi connectivity index (χ1n) is 7.69. The summed E-state index contributed by atoms with van der Waals surface area (Å²) in [4.78, 5) is 25.6. The first-order valence-corrected chi connectivity index (χ1v) is 8.57. The molecule has 0 unspecified atom stereocenters. The first-order chi connectivity index (χ1) is 11.6. The number of hydrogen-bond acceptors (Lipinski definition) is 5. The molecule has 2 amide bonds. The molecule has 1 fully saturated rings. The van der Waals surface area contributed by atoms with Crippen molar-refractivity contribution in [2.75, 3.05) is 31.6 Å². The Morgan fingerprint density at radius 2 is 2.08 bits per heavy atom. The predicted molar refractivity (Wildman–Crippen MR) is 93.0 cm³/mol. The maximum Gasteiger partial charge on any atom is 0.251 e. The van der Waals surface area contributed by atoms with Gasteiger partial charge in [-0.3, -0.25) is 14.5 Å². The number of nitrogens with two attached hydrogens (primary N) is 1. The Kier molecular flexibility index (Phi) is 5.24. The van der Waals surface area contributed by atoms with Crippen LogP contribution in [0, 0.1) is 0 Å². The quantitative estimate of drug-likeness (QED) is 0.866. The van der Waals surface area contributed by atoms with Crippen molar-refractivity contribution >= 4 is 28.2 Å². The lowest BCUT2D eigenvalue weighted by molar-refractivity contribution is -0.119. The summed E-state index contributed by atoms with van der Waals surface area (Å²) in [6.45, 7) is 2.19. The molecule has 7 heteroatoms. The SMILES string of the molecule is NC(=O)c1ccsc1NC(=O)CN1CCO[C@@H](c2ccccc2)C1. The third-order valence-electron chi connectivity index (χ3n) is 3.87. The number of ether oxygens (including phenoxy) is 1. The van der Waals surface area contributed by atoms with E-state index in [1.807, 2.05) is 35.2 Å². The molecular weight excluding hydrogens is 326 g/mol. The average molecular weight is 345 g/mol. The van der Waals surface area contributed by atoms with E-state index in [0.29, 0.717) is 30.3 Å². The summed E-state index contributed by atoms with van der Waals surface area (Å²) in [5.74, 6) is -0.698. The van der Waals surface area contributed by atoms with E-state index in [9.17, 15) is 9.59 Å². The van der Waals surface area contributed by atoms with Crippen LogP contribution < -0.4 is 11.1 Å². The van der Waals surface area contributed by atoms with E-state index < -0.39 is 5.91 Å². The van der Waals surface area contributed by atoms with Crippen LogP contribution in [0.25, 0.3) is 0 Å². The van der Waals surface area contributed by atoms with Gasteiger partial charge in [-0.25, -0.2) is 0 Å². The second-order valence-electron chi connectivity index (χ2n) is 5.58. The summed E-state index contributed by atoms with van der Waals surface area (Å²) in [5, 5.41) is 5.00. The van der Waals surface area contributed by atoms with Crippen molar-refractivity contribution in [2.24, 2.45) is 5.73 Å². The number of nitrogens with zero attached hydrogens (tertiary/aromatic N) is 1. The molecule has 1 aliphatic rings. The number of primary amides is 1. The van der Waals surface area contributed by atoms with Gasteiger partial charge in [0.25, 0.3) is 5.91 Å². The first kappa shape index (κ1) is 16.6. The number of morpholine rings is 1. The van der Waals surface area contributed by atoms with Gasteiger partial charge in [0, 0.05) is 13.1 Å². The molecular formula is C17H19N3O3S. The molecule has 24 heavy (non-hydrogen) atoms. The molecule has 3 rings (SSSR count). The van der Waals surface area contributed by atoms with E-state index in [4.69, 9.17) is 10.5 Å². The van der Waals surface area contributed by atoms with Crippen molar-refractivity contribution in [1.29, 1.82) is 0 Å². The number of anilines is 1. The molecule has 1 aromatic carbocycles. The number of thiophene rings is 1. The molecule has 3 N–H and O–H groups in total. The molecule has 1 atom stereocenters. The van der Waals surface area contributed by atoms with Crippen LogP contribution in [0.4, 0.5) is 5.00 Å². The normalized spacial score (nSPS) is 18.2. The van der Waals surface area contributed by atoms with Crippen molar-refractivity contribution in [3.05, 3.63) is 52.9 Å². The maximum atomic E-state index is 12.3. The monoisotopic (exact) mass is 345 g/mol. The third kappa shape index (κ3) is 4.00. The number of carbonyl (C=O) groups excluding carboxylic acids is 2. The lowest BCUT2D eigenvalue weighted by Gasteiger charge is -2.32. The summed E-state index contributed by atoms with van der Waals surface area (Å²) < 4.78 is 5.80. The molecule has 0 saturated carbocycles. The van der Waals surface area contributed by atoms with Gasteiger partial charge in [0.05, 0.1) is 24.8 Å². The topological polar surface area (TPSA) is 84.7 Å². The molecule has 0 radical (unpaired) electrons. The van der Waals surface area contributed by atoms with Crippen LogP contribution in [0.15, 0.2) is 41.8 Å². The number of hydrogen-bond donors (Lipinski definition) is 2. The largest absolute Gasteiger partial charge is 0.371 e. The van der Waals surface area contributed by atoms with Gasteiger partial charge >= 0.3 is 0 Å². The highest BCUT2D eigenvalue weighted by Crippen LogP contribution is 2.24. The minimum absolute atomic E-state index is 0.0318. The third-order valence-corrected chi connectivity index (χ3v) is 4.70. The summed E-state index contributed by atoms with van der Waals surface area (Å²) in [7, 11) is 0. The van der Waals surface area contributed by atoms with Gasteiger partial charge in [-0.1, -0.05) is 30.3 Å². The molecule has 1 aromatic heterocycles. The summed E-state index contributed by atoms with van der Waals surface area (Å²) in [5.41, 5.74) is 6.74. The highest BCUT2D eigenvalue weighted by atomic mass is 32.1. The van der Waals surface area contributed by atoms with Gasteiger partial charge in [0.2, 0.25) is 5.91 Å². The Morgan fingerprint density at radius 1 is 1.29 bits per heavy atom. The fourth-order valence-electron chi connectivity index (χ4n) is 2.68. The van der Waals surface area contributed by atoms with Gasteiger partial charge in [-0.15, -0.1) is 11.3 Å². The van der Waals surface area contributed by atoms with Crippen LogP contribution in [0.1, 0.15) is 22.0 Å². The molecule has 126 valence electrons. The van der Waals surface area contributed by atoms with Gasteiger partial charge in [-0.2, -0.15) is 0 Å². The van der Waals surface area contributed by atoms with E-state index in [0.717, 1.165) is 5.56 Å². The van der Waals surface area contributed by atoms with Crippen LogP contribution in [0.3, 0.4) is 0 Å². The second kappa shape index (κ2) is 7.57. The maximum absolute atomic E-state index is 12.3. The number of benzene rings is 1. The average Bonchev–Trinajstić information content (AvgIpc) is 3.04.